The fraction of sp³-hybridized carbons (Fsp3) is 0.875. The molecular weight excluding hydrogens is 160 g/mol. The quantitative estimate of drug-likeness (QED) is 0.608. The van der Waals surface area contributed by atoms with Crippen molar-refractivity contribution in [2.75, 3.05) is 19.8 Å². The Balaban J connectivity index is 0. The van der Waals surface area contributed by atoms with Crippen LogP contribution in [-0.2, 0) is 9.53 Å². The van der Waals surface area contributed by atoms with Crippen LogP contribution in [0.5, 0.6) is 0 Å². The Labute approximate surface area is 73.2 Å². The summed E-state index contributed by atoms with van der Waals surface area (Å²) in [5.74, 6) is -0.105. The van der Waals surface area contributed by atoms with E-state index < -0.39 is 0 Å². The molecule has 0 spiro atoms. The molecule has 0 aliphatic carbocycles. The van der Waals surface area contributed by atoms with Crippen LogP contribution >= 0.6 is 0 Å². The van der Waals surface area contributed by atoms with E-state index in [-0.39, 0.29) is 19.2 Å². The molecule has 0 rings (SSSR count). The van der Waals surface area contributed by atoms with Crippen molar-refractivity contribution in [1.82, 2.24) is 0 Å². The fourth-order valence-electron chi connectivity index (χ4n) is 0.318. The van der Waals surface area contributed by atoms with Gasteiger partial charge in [-0.15, -0.1) is 0 Å². The van der Waals surface area contributed by atoms with Gasteiger partial charge in [-0.2, -0.15) is 0 Å². The number of ether oxygens (including phenoxy) is 1. The summed E-state index contributed by atoms with van der Waals surface area (Å²) in [6.07, 6.45) is 1.39. The highest BCUT2D eigenvalue weighted by molar-refractivity contribution is 5.68. The SMILES string of the molecule is CCCOC(=O)CC.OCCO. The predicted molar refractivity (Wildman–Crippen MR) is 45.7 cm³/mol. The Hall–Kier alpha value is -0.610. The maximum Gasteiger partial charge on any atom is 0.305 e. The van der Waals surface area contributed by atoms with Crippen LogP contribution in [-0.4, -0.2) is 36.0 Å². The summed E-state index contributed by atoms with van der Waals surface area (Å²) in [5.41, 5.74) is 0. The van der Waals surface area contributed by atoms with Crippen molar-refractivity contribution in [2.24, 2.45) is 0 Å². The molecule has 4 heteroatoms. The second-order valence-corrected chi connectivity index (χ2v) is 2.02. The number of carbonyl (C=O) groups excluding carboxylic acids is 1. The maximum absolute atomic E-state index is 10.3. The summed E-state index contributed by atoms with van der Waals surface area (Å²) in [7, 11) is 0. The van der Waals surface area contributed by atoms with Crippen LogP contribution in [0.2, 0.25) is 0 Å². The molecule has 4 nitrogen and oxygen atoms in total. The van der Waals surface area contributed by atoms with Crippen molar-refractivity contribution in [2.45, 2.75) is 26.7 Å². The third kappa shape index (κ3) is 16.2. The molecule has 0 fully saturated rings. The topological polar surface area (TPSA) is 66.8 Å². The Morgan fingerprint density at radius 1 is 1.25 bits per heavy atom. The van der Waals surface area contributed by atoms with Crippen molar-refractivity contribution in [3.8, 4) is 0 Å². The molecule has 0 atom stereocenters. The van der Waals surface area contributed by atoms with E-state index in [2.05, 4.69) is 0 Å². The minimum Gasteiger partial charge on any atom is -0.466 e. The number of aliphatic hydroxyl groups excluding tert-OH is 2. The molecule has 0 heterocycles. The van der Waals surface area contributed by atoms with E-state index in [1.54, 1.807) is 6.92 Å². The summed E-state index contributed by atoms with van der Waals surface area (Å²) in [4.78, 5) is 10.3. The molecule has 0 amide bonds. The normalized spacial score (nSPS) is 8.33. The van der Waals surface area contributed by atoms with Gasteiger partial charge in [-0.25, -0.2) is 0 Å². The van der Waals surface area contributed by atoms with E-state index in [9.17, 15) is 4.79 Å². The number of carbonyl (C=O) groups is 1. The number of hydrogen-bond donors (Lipinski definition) is 2. The lowest BCUT2D eigenvalue weighted by Crippen LogP contribution is -2.02. The predicted octanol–water partition coefficient (Wildman–Crippen LogP) is 0.321. The zero-order valence-corrected chi connectivity index (χ0v) is 7.75. The lowest BCUT2D eigenvalue weighted by molar-refractivity contribution is -0.143. The zero-order valence-electron chi connectivity index (χ0n) is 7.75. The lowest BCUT2D eigenvalue weighted by Gasteiger charge is -1.97. The second-order valence-electron chi connectivity index (χ2n) is 2.02. The molecule has 12 heavy (non-hydrogen) atoms. The Morgan fingerprint density at radius 2 is 1.75 bits per heavy atom. The zero-order chi connectivity index (χ0) is 9.82. The molecule has 0 radical (unpaired) electrons. The van der Waals surface area contributed by atoms with Crippen LogP contribution < -0.4 is 0 Å². The van der Waals surface area contributed by atoms with Crippen molar-refractivity contribution in [1.29, 1.82) is 0 Å². The highest BCUT2D eigenvalue weighted by atomic mass is 16.5. The van der Waals surface area contributed by atoms with Gasteiger partial charge in [0.05, 0.1) is 19.8 Å². The highest BCUT2D eigenvalue weighted by Crippen LogP contribution is 1.85. The third-order valence-corrected chi connectivity index (χ3v) is 0.856. The summed E-state index contributed by atoms with van der Waals surface area (Å²) in [6.45, 7) is 4.08. The number of esters is 1. The first kappa shape index (κ1) is 13.9. The summed E-state index contributed by atoms with van der Waals surface area (Å²) in [5, 5.41) is 15.2. The van der Waals surface area contributed by atoms with Gasteiger partial charge in [-0.3, -0.25) is 4.79 Å². The number of aliphatic hydroxyl groups is 2. The molecular formula is C8H18O4. The minimum atomic E-state index is -0.125. The van der Waals surface area contributed by atoms with E-state index >= 15 is 0 Å². The first-order chi connectivity index (χ1) is 5.72. The Bertz CT molecular complexity index is 91.1. The average molecular weight is 178 g/mol. The molecule has 2 N–H and O–H groups in total. The first-order valence-electron chi connectivity index (χ1n) is 4.10. The summed E-state index contributed by atoms with van der Waals surface area (Å²) >= 11 is 0. The van der Waals surface area contributed by atoms with Gasteiger partial charge in [0.2, 0.25) is 0 Å². The largest absolute Gasteiger partial charge is 0.466 e. The van der Waals surface area contributed by atoms with E-state index in [0.29, 0.717) is 13.0 Å². The molecule has 0 aromatic carbocycles. The van der Waals surface area contributed by atoms with Crippen LogP contribution in [0.25, 0.3) is 0 Å². The van der Waals surface area contributed by atoms with Crippen LogP contribution in [0.1, 0.15) is 26.7 Å². The first-order valence-corrected chi connectivity index (χ1v) is 4.10. The van der Waals surface area contributed by atoms with Gasteiger partial charge in [-0.1, -0.05) is 13.8 Å². The van der Waals surface area contributed by atoms with Gasteiger partial charge < -0.3 is 14.9 Å². The van der Waals surface area contributed by atoms with E-state index in [4.69, 9.17) is 14.9 Å². The molecule has 0 aromatic heterocycles. The Kier molecular flexibility index (Phi) is 15.1. The molecule has 0 saturated heterocycles. The summed E-state index contributed by atoms with van der Waals surface area (Å²) in [6, 6.07) is 0. The van der Waals surface area contributed by atoms with Crippen molar-refractivity contribution < 1.29 is 19.7 Å². The lowest BCUT2D eigenvalue weighted by atomic mass is 10.5. The standard InChI is InChI=1S/C6H12O2.C2H6O2/c1-3-5-8-6(7)4-2;3-1-2-4/h3-5H2,1-2H3;3-4H,1-2H2. The van der Waals surface area contributed by atoms with Gasteiger partial charge in [-0.05, 0) is 6.42 Å². The highest BCUT2D eigenvalue weighted by Gasteiger charge is 1.93. The summed E-state index contributed by atoms with van der Waals surface area (Å²) < 4.78 is 4.70. The van der Waals surface area contributed by atoms with Gasteiger partial charge in [0.15, 0.2) is 0 Å². The van der Waals surface area contributed by atoms with Crippen LogP contribution in [0.4, 0.5) is 0 Å². The van der Waals surface area contributed by atoms with Gasteiger partial charge >= 0.3 is 5.97 Å². The van der Waals surface area contributed by atoms with Gasteiger partial charge in [0.25, 0.3) is 0 Å². The molecule has 0 unspecified atom stereocenters. The fourth-order valence-corrected chi connectivity index (χ4v) is 0.318. The van der Waals surface area contributed by atoms with Crippen molar-refractivity contribution in [3.63, 3.8) is 0 Å². The minimum absolute atomic E-state index is 0.105. The molecule has 0 aliphatic heterocycles. The van der Waals surface area contributed by atoms with Gasteiger partial charge in [0, 0.05) is 6.42 Å². The number of rotatable bonds is 4. The smallest absolute Gasteiger partial charge is 0.305 e. The molecule has 0 aromatic rings. The van der Waals surface area contributed by atoms with Crippen molar-refractivity contribution >= 4 is 5.97 Å². The van der Waals surface area contributed by atoms with E-state index in [1.165, 1.54) is 0 Å². The molecule has 0 saturated carbocycles. The monoisotopic (exact) mass is 178 g/mol. The number of hydrogen-bond acceptors (Lipinski definition) is 4. The third-order valence-electron chi connectivity index (χ3n) is 0.856. The second kappa shape index (κ2) is 13.0. The maximum atomic E-state index is 10.3. The molecule has 74 valence electrons. The van der Waals surface area contributed by atoms with Crippen molar-refractivity contribution in [3.05, 3.63) is 0 Å². The molecule has 0 bridgehead atoms. The molecule has 0 aliphatic rings. The van der Waals surface area contributed by atoms with Crippen LogP contribution in [0.15, 0.2) is 0 Å². The van der Waals surface area contributed by atoms with Crippen LogP contribution in [0, 0.1) is 0 Å². The van der Waals surface area contributed by atoms with Crippen LogP contribution in [0.3, 0.4) is 0 Å². The average Bonchev–Trinajstić information content (AvgIpc) is 2.14. The Morgan fingerprint density at radius 3 is 2.00 bits per heavy atom. The van der Waals surface area contributed by atoms with Gasteiger partial charge in [0.1, 0.15) is 0 Å². The van der Waals surface area contributed by atoms with E-state index in [1.807, 2.05) is 6.92 Å². The van der Waals surface area contributed by atoms with E-state index in [0.717, 1.165) is 6.42 Å².